The van der Waals surface area contributed by atoms with Gasteiger partial charge >= 0.3 is 0 Å². The highest BCUT2D eigenvalue weighted by Gasteiger charge is 2.31. The summed E-state index contributed by atoms with van der Waals surface area (Å²) in [6.07, 6.45) is 0.556. The first-order valence-corrected chi connectivity index (χ1v) is 5.40. The molecule has 3 heteroatoms. The fraction of sp³-hybridized carbons (Fsp3) is 0.385. The monoisotopic (exact) mass is 220 g/mol. The molecule has 0 fully saturated rings. The lowest BCUT2D eigenvalue weighted by Gasteiger charge is -2.22. The average Bonchev–Trinajstić information content (AvgIpc) is 2.73. The molecule has 1 N–H and O–H groups in total. The summed E-state index contributed by atoms with van der Waals surface area (Å²) in [4.78, 5) is 0. The molecular weight excluding hydrogens is 204 g/mol. The minimum Gasteiger partial charge on any atom is -0.458 e. The summed E-state index contributed by atoms with van der Waals surface area (Å²) in [7, 11) is 1.57. The molecule has 2 rings (SSSR count). The third-order valence-electron chi connectivity index (χ3n) is 2.85. The van der Waals surface area contributed by atoms with Crippen molar-refractivity contribution in [2.45, 2.75) is 18.9 Å². The Kier molecular flexibility index (Phi) is 2.99. The zero-order chi connectivity index (χ0) is 11.6. The topological polar surface area (TPSA) is 42.6 Å². The molecule has 0 saturated heterocycles. The van der Waals surface area contributed by atoms with Crippen LogP contribution in [-0.2, 0) is 10.3 Å². The molecule has 1 heterocycles. The molecule has 0 spiro atoms. The summed E-state index contributed by atoms with van der Waals surface area (Å²) in [5.74, 6) is 0.568. The van der Waals surface area contributed by atoms with Gasteiger partial charge in [0.25, 0.3) is 0 Å². The molecule has 0 aliphatic heterocycles. The maximum absolute atomic E-state index is 10.4. The lowest BCUT2D eigenvalue weighted by atomic mass is 9.98. The number of methoxy groups -OCH3 is 1. The van der Waals surface area contributed by atoms with Crippen LogP contribution < -0.4 is 0 Å². The molecule has 3 nitrogen and oxygen atoms in total. The normalized spacial score (nSPS) is 15.2. The Bertz CT molecular complexity index is 442. The van der Waals surface area contributed by atoms with Crippen LogP contribution in [0, 0.1) is 0 Å². The highest BCUT2D eigenvalue weighted by Crippen LogP contribution is 2.30. The second kappa shape index (κ2) is 4.28. The standard InChI is InChI=1S/C13H16O3/c1-3-13(14,9-15-2)12-8-10-6-4-5-7-11(10)16-12/h4-8,14H,3,9H2,1-2H3. The van der Waals surface area contributed by atoms with E-state index in [0.717, 1.165) is 11.0 Å². The molecule has 1 aromatic heterocycles. The van der Waals surface area contributed by atoms with Gasteiger partial charge in [-0.3, -0.25) is 0 Å². The SMILES string of the molecule is CCC(O)(COC)c1cc2ccccc2o1. The predicted molar refractivity (Wildman–Crippen MR) is 62.3 cm³/mol. The van der Waals surface area contributed by atoms with E-state index in [2.05, 4.69) is 0 Å². The van der Waals surface area contributed by atoms with E-state index in [1.54, 1.807) is 7.11 Å². The number of hydrogen-bond acceptors (Lipinski definition) is 3. The maximum Gasteiger partial charge on any atom is 0.145 e. The van der Waals surface area contributed by atoms with Gasteiger partial charge in [-0.05, 0) is 18.6 Å². The van der Waals surface area contributed by atoms with E-state index >= 15 is 0 Å². The Morgan fingerprint density at radius 2 is 2.12 bits per heavy atom. The number of hydrogen-bond donors (Lipinski definition) is 1. The van der Waals surface area contributed by atoms with E-state index in [-0.39, 0.29) is 6.61 Å². The third kappa shape index (κ3) is 1.84. The molecule has 0 aliphatic carbocycles. The number of benzene rings is 1. The Morgan fingerprint density at radius 3 is 2.75 bits per heavy atom. The van der Waals surface area contributed by atoms with Crippen LogP contribution >= 0.6 is 0 Å². The van der Waals surface area contributed by atoms with E-state index in [1.165, 1.54) is 0 Å². The Morgan fingerprint density at radius 1 is 1.38 bits per heavy atom. The number of fused-ring (bicyclic) bond motifs is 1. The van der Waals surface area contributed by atoms with Crippen LogP contribution in [0.1, 0.15) is 19.1 Å². The van der Waals surface area contributed by atoms with Crippen molar-refractivity contribution < 1.29 is 14.3 Å². The van der Waals surface area contributed by atoms with Gasteiger partial charge in [0.2, 0.25) is 0 Å². The van der Waals surface area contributed by atoms with Gasteiger partial charge in [0.05, 0.1) is 6.61 Å². The number of para-hydroxylation sites is 1. The van der Waals surface area contributed by atoms with Gasteiger partial charge < -0.3 is 14.3 Å². The van der Waals surface area contributed by atoms with Crippen LogP contribution in [0.2, 0.25) is 0 Å². The number of rotatable bonds is 4. The summed E-state index contributed by atoms with van der Waals surface area (Å²) in [6, 6.07) is 9.59. The summed E-state index contributed by atoms with van der Waals surface area (Å²) >= 11 is 0. The molecule has 2 aromatic rings. The van der Waals surface area contributed by atoms with Crippen molar-refractivity contribution in [1.29, 1.82) is 0 Å². The molecule has 1 atom stereocenters. The minimum atomic E-state index is -1.03. The molecule has 0 amide bonds. The van der Waals surface area contributed by atoms with Crippen molar-refractivity contribution in [2.75, 3.05) is 13.7 Å². The molecule has 0 radical (unpaired) electrons. The fourth-order valence-corrected chi connectivity index (χ4v) is 1.80. The molecule has 0 bridgehead atoms. The second-order valence-corrected chi connectivity index (χ2v) is 3.97. The Balaban J connectivity index is 2.45. The smallest absolute Gasteiger partial charge is 0.145 e. The molecule has 16 heavy (non-hydrogen) atoms. The number of aliphatic hydroxyl groups is 1. The van der Waals surface area contributed by atoms with Crippen LogP contribution in [0.3, 0.4) is 0 Å². The van der Waals surface area contributed by atoms with Gasteiger partial charge in [-0.1, -0.05) is 25.1 Å². The molecular formula is C13H16O3. The van der Waals surface area contributed by atoms with Crippen LogP contribution in [-0.4, -0.2) is 18.8 Å². The number of furan rings is 1. The zero-order valence-corrected chi connectivity index (χ0v) is 9.56. The third-order valence-corrected chi connectivity index (χ3v) is 2.85. The highest BCUT2D eigenvalue weighted by molar-refractivity contribution is 5.77. The van der Waals surface area contributed by atoms with E-state index in [1.807, 2.05) is 37.3 Å². The number of ether oxygens (including phenoxy) is 1. The Labute approximate surface area is 94.6 Å². The van der Waals surface area contributed by atoms with Crippen LogP contribution in [0.4, 0.5) is 0 Å². The summed E-state index contributed by atoms with van der Waals surface area (Å²) < 4.78 is 10.7. The molecule has 0 saturated carbocycles. The van der Waals surface area contributed by atoms with Gasteiger partial charge in [0, 0.05) is 12.5 Å². The second-order valence-electron chi connectivity index (χ2n) is 3.97. The minimum absolute atomic E-state index is 0.239. The lowest BCUT2D eigenvalue weighted by molar-refractivity contribution is -0.0525. The van der Waals surface area contributed by atoms with Crippen molar-refractivity contribution in [2.24, 2.45) is 0 Å². The lowest BCUT2D eigenvalue weighted by Crippen LogP contribution is -2.29. The van der Waals surface area contributed by atoms with Crippen LogP contribution in [0.25, 0.3) is 11.0 Å². The van der Waals surface area contributed by atoms with Gasteiger partial charge in [-0.25, -0.2) is 0 Å². The summed E-state index contributed by atoms with van der Waals surface area (Å²) in [5.41, 5.74) is -0.242. The summed E-state index contributed by atoms with van der Waals surface area (Å²) in [5, 5.41) is 11.4. The van der Waals surface area contributed by atoms with E-state index in [9.17, 15) is 5.11 Å². The van der Waals surface area contributed by atoms with Gasteiger partial charge in [0.1, 0.15) is 16.9 Å². The predicted octanol–water partition coefficient (Wildman–Crippen LogP) is 2.68. The van der Waals surface area contributed by atoms with Gasteiger partial charge in [0.15, 0.2) is 0 Å². The Hall–Kier alpha value is -1.32. The average molecular weight is 220 g/mol. The van der Waals surface area contributed by atoms with E-state index in [0.29, 0.717) is 12.2 Å². The zero-order valence-electron chi connectivity index (χ0n) is 9.56. The largest absolute Gasteiger partial charge is 0.458 e. The highest BCUT2D eigenvalue weighted by atomic mass is 16.5. The molecule has 1 aromatic carbocycles. The molecule has 86 valence electrons. The first-order valence-electron chi connectivity index (χ1n) is 5.40. The van der Waals surface area contributed by atoms with Crippen molar-refractivity contribution in [3.63, 3.8) is 0 Å². The maximum atomic E-state index is 10.4. The van der Waals surface area contributed by atoms with Crippen LogP contribution in [0.5, 0.6) is 0 Å². The van der Waals surface area contributed by atoms with E-state index < -0.39 is 5.60 Å². The quantitative estimate of drug-likeness (QED) is 0.861. The van der Waals surface area contributed by atoms with Crippen molar-refractivity contribution in [3.05, 3.63) is 36.1 Å². The molecule has 1 unspecified atom stereocenters. The van der Waals surface area contributed by atoms with E-state index in [4.69, 9.17) is 9.15 Å². The molecule has 0 aliphatic rings. The van der Waals surface area contributed by atoms with Gasteiger partial charge in [-0.15, -0.1) is 0 Å². The fourth-order valence-electron chi connectivity index (χ4n) is 1.80. The van der Waals surface area contributed by atoms with Crippen LogP contribution in [0.15, 0.2) is 34.7 Å². The first kappa shape index (κ1) is 11.2. The first-order chi connectivity index (χ1) is 7.69. The van der Waals surface area contributed by atoms with Crippen molar-refractivity contribution in [3.8, 4) is 0 Å². The summed E-state index contributed by atoms with van der Waals surface area (Å²) in [6.45, 7) is 2.15. The van der Waals surface area contributed by atoms with Crippen molar-refractivity contribution >= 4 is 11.0 Å². The van der Waals surface area contributed by atoms with Crippen molar-refractivity contribution in [1.82, 2.24) is 0 Å². The van der Waals surface area contributed by atoms with Gasteiger partial charge in [-0.2, -0.15) is 0 Å².